The zero-order valence-corrected chi connectivity index (χ0v) is 16.4. The van der Waals surface area contributed by atoms with Gasteiger partial charge in [0.05, 0.1) is 5.69 Å². The van der Waals surface area contributed by atoms with Crippen molar-refractivity contribution in [2.75, 3.05) is 18.4 Å². The topological polar surface area (TPSA) is 45.5 Å². The second-order valence-corrected chi connectivity index (χ2v) is 8.07. The molecule has 2 aliphatic rings. The van der Waals surface area contributed by atoms with E-state index >= 15 is 0 Å². The highest BCUT2D eigenvalue weighted by molar-refractivity contribution is 7.16. The minimum Gasteiger partial charge on any atom is -0.316 e. The minimum atomic E-state index is 0.100. The summed E-state index contributed by atoms with van der Waals surface area (Å²) in [7, 11) is 0. The molecule has 4 rings (SSSR count). The normalized spacial score (nSPS) is 19.4. The standard InChI is InChI=1S/C19H27N5S/c1-5-23(6-2)17-16-14-9-7-8-10-15(14)25-18(16)21-19(20-17)24-13(4)11-12(3)22-24/h11,17H,5-10H2,1-4H3,(H,20,21). The van der Waals surface area contributed by atoms with Gasteiger partial charge in [-0.15, -0.1) is 11.3 Å². The number of hydrogen-bond acceptors (Lipinski definition) is 5. The quantitative estimate of drug-likeness (QED) is 0.899. The van der Waals surface area contributed by atoms with E-state index in [1.807, 2.05) is 22.9 Å². The summed E-state index contributed by atoms with van der Waals surface area (Å²) in [4.78, 5) is 9.14. The molecule has 1 aliphatic carbocycles. The molecule has 0 fully saturated rings. The van der Waals surface area contributed by atoms with E-state index in [0.29, 0.717) is 0 Å². The summed E-state index contributed by atoms with van der Waals surface area (Å²) in [6.07, 6.45) is 5.13. The Kier molecular flexibility index (Phi) is 4.41. The number of nitrogens with zero attached hydrogens (tertiary/aromatic N) is 4. The molecule has 0 saturated carbocycles. The fourth-order valence-electron chi connectivity index (χ4n) is 4.06. The van der Waals surface area contributed by atoms with Crippen LogP contribution in [0.25, 0.3) is 0 Å². The van der Waals surface area contributed by atoms with E-state index in [-0.39, 0.29) is 6.17 Å². The first kappa shape index (κ1) is 16.8. The predicted molar refractivity (Wildman–Crippen MR) is 105 cm³/mol. The van der Waals surface area contributed by atoms with Crippen molar-refractivity contribution < 1.29 is 0 Å². The number of aromatic nitrogens is 2. The van der Waals surface area contributed by atoms with E-state index in [1.54, 1.807) is 10.4 Å². The van der Waals surface area contributed by atoms with Crippen LogP contribution in [0.3, 0.4) is 0 Å². The summed E-state index contributed by atoms with van der Waals surface area (Å²) in [5.41, 5.74) is 5.13. The van der Waals surface area contributed by atoms with Crippen LogP contribution in [0.1, 0.15) is 60.2 Å². The third-order valence-electron chi connectivity index (χ3n) is 5.31. The number of thiophene rings is 1. The van der Waals surface area contributed by atoms with Crippen LogP contribution in [0.2, 0.25) is 0 Å². The van der Waals surface area contributed by atoms with Gasteiger partial charge in [-0.1, -0.05) is 13.8 Å². The highest BCUT2D eigenvalue weighted by Crippen LogP contribution is 2.45. The number of aryl methyl sites for hydroxylation is 3. The first-order valence-corrected chi connectivity index (χ1v) is 10.2. The fraction of sp³-hybridized carbons (Fsp3) is 0.579. The molecule has 3 heterocycles. The van der Waals surface area contributed by atoms with Gasteiger partial charge < -0.3 is 5.32 Å². The first-order valence-electron chi connectivity index (χ1n) is 9.39. The summed E-state index contributed by atoms with van der Waals surface area (Å²) in [6.45, 7) is 10.6. The second kappa shape index (κ2) is 6.57. The van der Waals surface area contributed by atoms with Gasteiger partial charge in [0.1, 0.15) is 11.2 Å². The number of fused-ring (bicyclic) bond motifs is 3. The number of rotatable bonds is 3. The lowest BCUT2D eigenvalue weighted by atomic mass is 9.93. The maximum absolute atomic E-state index is 5.13. The Hall–Kier alpha value is -1.66. The van der Waals surface area contributed by atoms with E-state index in [4.69, 9.17) is 4.99 Å². The lowest BCUT2D eigenvalue weighted by Gasteiger charge is -2.32. The Labute approximate surface area is 153 Å². The molecule has 0 spiro atoms. The molecule has 1 N–H and O–H groups in total. The molecule has 134 valence electrons. The van der Waals surface area contributed by atoms with Crippen molar-refractivity contribution in [2.45, 2.75) is 59.5 Å². The van der Waals surface area contributed by atoms with Crippen molar-refractivity contribution in [3.05, 3.63) is 33.5 Å². The van der Waals surface area contributed by atoms with E-state index in [0.717, 1.165) is 30.4 Å². The molecular weight excluding hydrogens is 330 g/mol. The molecule has 0 aromatic carbocycles. The maximum atomic E-state index is 5.13. The Morgan fingerprint density at radius 1 is 1.24 bits per heavy atom. The van der Waals surface area contributed by atoms with Gasteiger partial charge in [-0.3, -0.25) is 4.90 Å². The zero-order chi connectivity index (χ0) is 17.6. The molecule has 6 heteroatoms. The second-order valence-electron chi connectivity index (χ2n) is 6.97. The van der Waals surface area contributed by atoms with Crippen molar-refractivity contribution in [3.63, 3.8) is 0 Å². The van der Waals surface area contributed by atoms with Gasteiger partial charge in [-0.25, -0.2) is 9.67 Å². The van der Waals surface area contributed by atoms with Crippen molar-refractivity contribution in [3.8, 4) is 0 Å². The Bertz CT molecular complexity index is 812. The largest absolute Gasteiger partial charge is 0.316 e. The Morgan fingerprint density at radius 2 is 2.00 bits per heavy atom. The monoisotopic (exact) mass is 357 g/mol. The third kappa shape index (κ3) is 2.81. The van der Waals surface area contributed by atoms with Crippen molar-refractivity contribution >= 4 is 22.3 Å². The highest BCUT2D eigenvalue weighted by atomic mass is 32.1. The van der Waals surface area contributed by atoms with E-state index in [1.165, 1.54) is 36.2 Å². The van der Waals surface area contributed by atoms with Gasteiger partial charge in [0.25, 0.3) is 0 Å². The van der Waals surface area contributed by atoms with Crippen LogP contribution in [0, 0.1) is 13.8 Å². The summed E-state index contributed by atoms with van der Waals surface area (Å²) >= 11 is 1.93. The predicted octanol–water partition coefficient (Wildman–Crippen LogP) is 4.11. The highest BCUT2D eigenvalue weighted by Gasteiger charge is 2.33. The molecule has 1 atom stereocenters. The maximum Gasteiger partial charge on any atom is 0.226 e. The minimum absolute atomic E-state index is 0.100. The molecule has 25 heavy (non-hydrogen) atoms. The first-order chi connectivity index (χ1) is 12.1. The van der Waals surface area contributed by atoms with Crippen LogP contribution >= 0.6 is 11.3 Å². The van der Waals surface area contributed by atoms with Gasteiger partial charge >= 0.3 is 0 Å². The van der Waals surface area contributed by atoms with E-state index in [2.05, 4.69) is 42.2 Å². The molecule has 2 aromatic rings. The fourth-order valence-corrected chi connectivity index (χ4v) is 5.36. The van der Waals surface area contributed by atoms with Crippen LogP contribution in [0.15, 0.2) is 11.1 Å². The van der Waals surface area contributed by atoms with E-state index in [9.17, 15) is 0 Å². The molecular formula is C19H27N5S. The molecule has 0 amide bonds. The van der Waals surface area contributed by atoms with E-state index < -0.39 is 0 Å². The van der Waals surface area contributed by atoms with Crippen LogP contribution in [0.5, 0.6) is 0 Å². The molecule has 5 nitrogen and oxygen atoms in total. The summed E-state index contributed by atoms with van der Waals surface area (Å²) in [6, 6.07) is 2.10. The molecule has 0 bridgehead atoms. The molecule has 2 aromatic heterocycles. The lowest BCUT2D eigenvalue weighted by molar-refractivity contribution is 0.224. The lowest BCUT2D eigenvalue weighted by Crippen LogP contribution is -2.35. The van der Waals surface area contributed by atoms with Gasteiger partial charge in [0.15, 0.2) is 0 Å². The summed E-state index contributed by atoms with van der Waals surface area (Å²) < 4.78 is 1.95. The number of aliphatic imine (C=N–C) groups is 1. The van der Waals surface area contributed by atoms with Crippen LogP contribution in [-0.2, 0) is 12.8 Å². The molecule has 0 radical (unpaired) electrons. The van der Waals surface area contributed by atoms with Crippen molar-refractivity contribution in [1.82, 2.24) is 14.7 Å². The number of nitrogens with one attached hydrogen (secondary N) is 1. The SMILES string of the molecule is CCN(CC)C1N=C(n2nc(C)cc2C)Nc2sc3c(c21)CCCC3. The van der Waals surface area contributed by atoms with Crippen LogP contribution < -0.4 is 5.32 Å². The van der Waals surface area contributed by atoms with Crippen molar-refractivity contribution in [1.29, 1.82) is 0 Å². The molecule has 1 aliphatic heterocycles. The number of anilines is 1. The Balaban J connectivity index is 1.83. The van der Waals surface area contributed by atoms with Gasteiger partial charge in [0.2, 0.25) is 5.96 Å². The number of hydrogen-bond donors (Lipinski definition) is 1. The third-order valence-corrected chi connectivity index (χ3v) is 6.53. The van der Waals surface area contributed by atoms with Crippen molar-refractivity contribution in [2.24, 2.45) is 4.99 Å². The zero-order valence-electron chi connectivity index (χ0n) is 15.6. The van der Waals surface area contributed by atoms with Gasteiger partial charge in [0, 0.05) is 16.1 Å². The average molecular weight is 358 g/mol. The molecule has 1 unspecified atom stereocenters. The Morgan fingerprint density at radius 3 is 2.68 bits per heavy atom. The van der Waals surface area contributed by atoms with Gasteiger partial charge in [-0.05, 0) is 64.3 Å². The van der Waals surface area contributed by atoms with Crippen LogP contribution in [0.4, 0.5) is 5.00 Å². The van der Waals surface area contributed by atoms with Crippen LogP contribution in [-0.4, -0.2) is 33.7 Å². The smallest absolute Gasteiger partial charge is 0.226 e. The van der Waals surface area contributed by atoms with Gasteiger partial charge in [-0.2, -0.15) is 5.10 Å². The average Bonchev–Trinajstić information content (AvgIpc) is 3.14. The summed E-state index contributed by atoms with van der Waals surface area (Å²) in [5, 5.41) is 9.52. The molecule has 0 saturated heterocycles. The summed E-state index contributed by atoms with van der Waals surface area (Å²) in [5.74, 6) is 0.855.